The van der Waals surface area contributed by atoms with Crippen molar-refractivity contribution in [2.24, 2.45) is 0 Å². The van der Waals surface area contributed by atoms with Gasteiger partial charge in [-0.3, -0.25) is 14.7 Å². The molecule has 7 nitrogen and oxygen atoms in total. The largest absolute Gasteiger partial charge is 0.573 e. The summed E-state index contributed by atoms with van der Waals surface area (Å²) in [6, 6.07) is 12.1. The van der Waals surface area contributed by atoms with Crippen LogP contribution in [0, 0.1) is 0 Å². The van der Waals surface area contributed by atoms with E-state index in [0.717, 1.165) is 41.8 Å². The highest BCUT2D eigenvalue weighted by atomic mass is 32.1. The van der Waals surface area contributed by atoms with Gasteiger partial charge in [-0.25, -0.2) is 0 Å². The van der Waals surface area contributed by atoms with E-state index in [1.54, 1.807) is 6.07 Å². The third-order valence-corrected chi connectivity index (χ3v) is 6.42. The molecule has 4 rings (SSSR count). The lowest BCUT2D eigenvalue weighted by Gasteiger charge is -2.13. The number of halogens is 3. The number of rotatable bonds is 7. The van der Waals surface area contributed by atoms with Gasteiger partial charge in [0.2, 0.25) is 0 Å². The maximum Gasteiger partial charge on any atom is 0.573 e. The van der Waals surface area contributed by atoms with Gasteiger partial charge in [0.25, 0.3) is 11.8 Å². The molecule has 2 aromatic heterocycles. The van der Waals surface area contributed by atoms with Gasteiger partial charge >= 0.3 is 6.36 Å². The van der Waals surface area contributed by atoms with Gasteiger partial charge in [-0.2, -0.15) is 5.10 Å². The summed E-state index contributed by atoms with van der Waals surface area (Å²) in [4.78, 5) is 26.0. The van der Waals surface area contributed by atoms with Gasteiger partial charge in [-0.05, 0) is 54.3 Å². The molecule has 0 radical (unpaired) electrons. The van der Waals surface area contributed by atoms with Crippen LogP contribution in [-0.4, -0.2) is 28.4 Å². The number of hydrogen-bond acceptors (Lipinski definition) is 5. The third kappa shape index (κ3) is 5.46. The molecule has 0 atom stereocenters. The number of hydrogen-bond donors (Lipinski definition) is 3. The Hall–Kier alpha value is -3.86. The number of nitrogens with one attached hydrogen (secondary N) is 3. The van der Waals surface area contributed by atoms with Crippen LogP contribution in [0.25, 0.3) is 10.2 Å². The second-order valence-corrected chi connectivity index (χ2v) is 8.62. The maximum atomic E-state index is 13.0. The summed E-state index contributed by atoms with van der Waals surface area (Å²) >= 11 is 1.17. The first-order valence-corrected chi connectivity index (χ1v) is 11.6. The number of ether oxygens (including phenoxy) is 1. The summed E-state index contributed by atoms with van der Waals surface area (Å²) < 4.78 is 41.3. The highest BCUT2D eigenvalue weighted by Crippen LogP contribution is 2.32. The number of alkyl halides is 3. The highest BCUT2D eigenvalue weighted by Gasteiger charge is 2.31. The summed E-state index contributed by atoms with van der Waals surface area (Å²) in [5.74, 6) is -1.05. The van der Waals surface area contributed by atoms with Crippen LogP contribution >= 0.6 is 11.3 Å². The van der Waals surface area contributed by atoms with Crippen LogP contribution in [0.5, 0.6) is 5.75 Å². The van der Waals surface area contributed by atoms with Crippen molar-refractivity contribution in [2.45, 2.75) is 33.1 Å². The van der Waals surface area contributed by atoms with E-state index < -0.39 is 18.0 Å². The predicted molar refractivity (Wildman–Crippen MR) is 128 cm³/mol. The third-order valence-electron chi connectivity index (χ3n) is 5.28. The maximum absolute atomic E-state index is 13.0. The van der Waals surface area contributed by atoms with E-state index in [2.05, 4.69) is 25.6 Å². The number of anilines is 2. The van der Waals surface area contributed by atoms with E-state index in [1.807, 2.05) is 32.0 Å². The van der Waals surface area contributed by atoms with Crippen LogP contribution in [0.4, 0.5) is 24.7 Å². The Bertz CT molecular complexity index is 1350. The number of aromatic amines is 1. The molecule has 0 aliphatic carbocycles. The van der Waals surface area contributed by atoms with Crippen LogP contribution in [0.3, 0.4) is 0 Å². The van der Waals surface area contributed by atoms with Gasteiger partial charge in [-0.1, -0.05) is 32.0 Å². The van der Waals surface area contributed by atoms with Gasteiger partial charge in [-0.15, -0.1) is 24.5 Å². The Morgan fingerprint density at radius 2 is 1.66 bits per heavy atom. The molecular weight excluding hydrogens is 481 g/mol. The van der Waals surface area contributed by atoms with Gasteiger partial charge in [0.1, 0.15) is 5.75 Å². The smallest absolute Gasteiger partial charge is 0.406 e. The van der Waals surface area contributed by atoms with Crippen molar-refractivity contribution < 1.29 is 27.5 Å². The summed E-state index contributed by atoms with van der Waals surface area (Å²) in [7, 11) is 0. The molecule has 4 aromatic rings. The minimum atomic E-state index is -4.82. The molecule has 0 saturated carbocycles. The SMILES string of the molecule is CCc1cccc(CC)c1NC(=O)c1cc2[nH]nc(NC(=O)c3ccc(OC(F)(F)F)cc3)c2s1. The number of carbonyl (C=O) groups is 2. The Kier molecular flexibility index (Phi) is 6.79. The molecule has 2 aromatic carbocycles. The molecule has 11 heteroatoms. The zero-order valence-electron chi connectivity index (χ0n) is 18.7. The average Bonchev–Trinajstić information content (AvgIpc) is 3.40. The molecule has 0 spiro atoms. The van der Waals surface area contributed by atoms with Gasteiger partial charge < -0.3 is 15.4 Å². The molecule has 2 heterocycles. The molecular formula is C24H21F3N4O3S. The molecule has 182 valence electrons. The lowest BCUT2D eigenvalue weighted by molar-refractivity contribution is -0.274. The number of nitrogens with zero attached hydrogens (tertiary/aromatic N) is 1. The number of carbonyl (C=O) groups excluding carboxylic acids is 2. The predicted octanol–water partition coefficient (Wildman–Crippen LogP) is 6.15. The molecule has 35 heavy (non-hydrogen) atoms. The first-order valence-electron chi connectivity index (χ1n) is 10.8. The number of benzene rings is 2. The van der Waals surface area contributed by atoms with Crippen molar-refractivity contribution in [2.75, 3.05) is 10.6 Å². The number of H-pyrrole nitrogens is 1. The zero-order valence-corrected chi connectivity index (χ0v) is 19.6. The summed E-state index contributed by atoms with van der Waals surface area (Å²) in [5, 5.41) is 12.5. The number of aromatic nitrogens is 2. The second kappa shape index (κ2) is 9.79. The van der Waals surface area contributed by atoms with E-state index in [1.165, 1.54) is 23.5 Å². The topological polar surface area (TPSA) is 96.1 Å². The average molecular weight is 503 g/mol. The van der Waals surface area contributed by atoms with Crippen LogP contribution in [0.2, 0.25) is 0 Å². The zero-order chi connectivity index (χ0) is 25.2. The highest BCUT2D eigenvalue weighted by molar-refractivity contribution is 7.21. The number of thiophene rings is 1. The first kappa shape index (κ1) is 24.3. The number of aryl methyl sites for hydroxylation is 2. The van der Waals surface area contributed by atoms with Crippen molar-refractivity contribution in [1.82, 2.24) is 10.2 Å². The molecule has 2 amide bonds. The van der Waals surface area contributed by atoms with Gasteiger partial charge in [0.05, 0.1) is 15.1 Å². The fourth-order valence-electron chi connectivity index (χ4n) is 3.58. The number of para-hydroxylation sites is 1. The van der Waals surface area contributed by atoms with Crippen molar-refractivity contribution >= 4 is 44.9 Å². The van der Waals surface area contributed by atoms with Crippen molar-refractivity contribution in [3.8, 4) is 5.75 Å². The van der Waals surface area contributed by atoms with E-state index in [4.69, 9.17) is 0 Å². The van der Waals surface area contributed by atoms with E-state index in [0.29, 0.717) is 15.1 Å². The molecule has 0 fully saturated rings. The minimum Gasteiger partial charge on any atom is -0.406 e. The quantitative estimate of drug-likeness (QED) is 0.282. The van der Waals surface area contributed by atoms with Gasteiger partial charge in [0, 0.05) is 11.3 Å². The monoisotopic (exact) mass is 502 g/mol. The first-order chi connectivity index (χ1) is 16.7. The fourth-order valence-corrected chi connectivity index (χ4v) is 4.53. The lowest BCUT2D eigenvalue weighted by atomic mass is 10.0. The molecule has 0 bridgehead atoms. The van der Waals surface area contributed by atoms with Crippen LogP contribution in [-0.2, 0) is 12.8 Å². The Morgan fingerprint density at radius 1 is 1.00 bits per heavy atom. The molecule has 0 saturated heterocycles. The standard InChI is InChI=1S/C24H21F3N4O3S/c1-3-13-6-5-7-14(4-2)19(13)28-23(33)18-12-17-20(35-18)21(31-30-17)29-22(32)15-8-10-16(11-9-15)34-24(25,26)27/h5-12H,3-4H2,1-2H3,(H,28,33)(H2,29,30,31,32). The number of amides is 2. The van der Waals surface area contributed by atoms with Crippen LogP contribution in [0.15, 0.2) is 48.5 Å². The fraction of sp³-hybridized carbons (Fsp3) is 0.208. The van der Waals surface area contributed by atoms with E-state index >= 15 is 0 Å². The molecule has 3 N–H and O–H groups in total. The minimum absolute atomic E-state index is 0.119. The van der Waals surface area contributed by atoms with Crippen LogP contribution in [0.1, 0.15) is 45.0 Å². The van der Waals surface area contributed by atoms with Crippen molar-refractivity contribution in [1.29, 1.82) is 0 Å². The Labute approximate surface area is 202 Å². The molecule has 0 aliphatic rings. The van der Waals surface area contributed by atoms with E-state index in [-0.39, 0.29) is 17.3 Å². The van der Waals surface area contributed by atoms with Crippen molar-refractivity contribution in [3.63, 3.8) is 0 Å². The normalized spacial score (nSPS) is 11.5. The molecule has 0 unspecified atom stereocenters. The lowest BCUT2D eigenvalue weighted by Crippen LogP contribution is -2.17. The summed E-state index contributed by atoms with van der Waals surface area (Å²) in [6.45, 7) is 4.05. The Morgan fingerprint density at radius 3 is 2.26 bits per heavy atom. The summed E-state index contributed by atoms with van der Waals surface area (Å²) in [6.07, 6.45) is -3.26. The summed E-state index contributed by atoms with van der Waals surface area (Å²) in [5.41, 5.74) is 3.59. The van der Waals surface area contributed by atoms with Gasteiger partial charge in [0.15, 0.2) is 5.82 Å². The van der Waals surface area contributed by atoms with Crippen LogP contribution < -0.4 is 15.4 Å². The second-order valence-electron chi connectivity index (χ2n) is 7.56. The van der Waals surface area contributed by atoms with E-state index in [9.17, 15) is 22.8 Å². The Balaban J connectivity index is 1.51. The van der Waals surface area contributed by atoms with Crippen molar-refractivity contribution in [3.05, 3.63) is 70.1 Å². The number of fused-ring (bicyclic) bond motifs is 1. The molecule has 0 aliphatic heterocycles.